The molecule has 2 rings (SSSR count). The highest BCUT2D eigenvalue weighted by molar-refractivity contribution is 6.30. The van der Waals surface area contributed by atoms with E-state index in [1.807, 2.05) is 0 Å². The van der Waals surface area contributed by atoms with Gasteiger partial charge >= 0.3 is 0 Å². The molecular formula is C14H12ClF2NO. The van der Waals surface area contributed by atoms with Crippen molar-refractivity contribution < 1.29 is 13.5 Å². The van der Waals surface area contributed by atoms with Crippen LogP contribution in [-0.4, -0.2) is 7.11 Å². The van der Waals surface area contributed by atoms with Gasteiger partial charge in [-0.05, 0) is 24.3 Å². The van der Waals surface area contributed by atoms with Crippen LogP contribution in [0.5, 0.6) is 5.75 Å². The third kappa shape index (κ3) is 3.35. The summed E-state index contributed by atoms with van der Waals surface area (Å²) in [5.74, 6) is -0.679. The summed E-state index contributed by atoms with van der Waals surface area (Å²) in [6, 6.07) is 8.84. The van der Waals surface area contributed by atoms with E-state index in [4.69, 9.17) is 16.3 Å². The highest BCUT2D eigenvalue weighted by Crippen LogP contribution is 2.22. The Morgan fingerprint density at radius 2 is 1.89 bits per heavy atom. The summed E-state index contributed by atoms with van der Waals surface area (Å²) >= 11 is 5.67. The smallest absolute Gasteiger partial charge is 0.165 e. The third-order valence-corrected chi connectivity index (χ3v) is 2.88. The van der Waals surface area contributed by atoms with E-state index in [2.05, 4.69) is 5.32 Å². The van der Waals surface area contributed by atoms with Gasteiger partial charge in [0.05, 0.1) is 7.11 Å². The molecule has 2 nitrogen and oxygen atoms in total. The molecule has 0 aliphatic carbocycles. The average Bonchev–Trinajstić information content (AvgIpc) is 2.39. The Hall–Kier alpha value is -1.81. The van der Waals surface area contributed by atoms with Crippen molar-refractivity contribution in [1.29, 1.82) is 0 Å². The number of hydrogen-bond donors (Lipinski definition) is 1. The van der Waals surface area contributed by atoms with E-state index in [0.717, 1.165) is 0 Å². The van der Waals surface area contributed by atoms with Gasteiger partial charge in [0.1, 0.15) is 5.82 Å². The predicted molar refractivity (Wildman–Crippen MR) is 71.7 cm³/mol. The van der Waals surface area contributed by atoms with Crippen molar-refractivity contribution in [3.63, 3.8) is 0 Å². The van der Waals surface area contributed by atoms with Gasteiger partial charge in [-0.15, -0.1) is 0 Å². The van der Waals surface area contributed by atoms with Crippen molar-refractivity contribution in [2.75, 3.05) is 12.4 Å². The standard InChI is InChI=1S/C14H12ClF2NO/c1-19-14-7-11(4-5-12(14)16)18-8-9-2-3-10(15)6-13(9)17/h2-7,18H,8H2,1H3. The molecular weight excluding hydrogens is 272 g/mol. The first kappa shape index (κ1) is 13.6. The number of nitrogens with one attached hydrogen (secondary N) is 1. The first-order chi connectivity index (χ1) is 9.10. The van der Waals surface area contributed by atoms with E-state index in [-0.39, 0.29) is 18.1 Å². The summed E-state index contributed by atoms with van der Waals surface area (Å²) in [5.41, 5.74) is 1.13. The van der Waals surface area contributed by atoms with Crippen molar-refractivity contribution in [2.45, 2.75) is 6.54 Å². The van der Waals surface area contributed by atoms with Gasteiger partial charge in [0.2, 0.25) is 0 Å². The molecule has 0 fully saturated rings. The lowest BCUT2D eigenvalue weighted by molar-refractivity contribution is 0.387. The number of hydrogen-bond acceptors (Lipinski definition) is 2. The summed E-state index contributed by atoms with van der Waals surface area (Å²) in [6.07, 6.45) is 0. The highest BCUT2D eigenvalue weighted by Gasteiger charge is 2.05. The van der Waals surface area contributed by atoms with Crippen molar-refractivity contribution in [3.05, 3.63) is 58.6 Å². The van der Waals surface area contributed by atoms with Gasteiger partial charge in [-0.25, -0.2) is 8.78 Å². The summed E-state index contributed by atoms with van der Waals surface area (Å²) < 4.78 is 31.6. The van der Waals surface area contributed by atoms with Gasteiger partial charge < -0.3 is 10.1 Å². The lowest BCUT2D eigenvalue weighted by Crippen LogP contribution is -2.02. The molecule has 0 saturated heterocycles. The van der Waals surface area contributed by atoms with Crippen LogP contribution in [0.2, 0.25) is 5.02 Å². The molecule has 0 atom stereocenters. The molecule has 0 amide bonds. The van der Waals surface area contributed by atoms with Crippen LogP contribution in [0.1, 0.15) is 5.56 Å². The molecule has 0 spiro atoms. The largest absolute Gasteiger partial charge is 0.494 e. The minimum atomic E-state index is -0.439. The van der Waals surface area contributed by atoms with E-state index in [1.54, 1.807) is 18.2 Å². The topological polar surface area (TPSA) is 21.3 Å². The lowest BCUT2D eigenvalue weighted by Gasteiger charge is -2.09. The number of methoxy groups -OCH3 is 1. The fourth-order valence-corrected chi connectivity index (χ4v) is 1.79. The Morgan fingerprint density at radius 1 is 1.11 bits per heavy atom. The molecule has 0 aromatic heterocycles. The zero-order valence-corrected chi connectivity index (χ0v) is 11.0. The third-order valence-electron chi connectivity index (χ3n) is 2.65. The zero-order chi connectivity index (χ0) is 13.8. The zero-order valence-electron chi connectivity index (χ0n) is 10.2. The van der Waals surface area contributed by atoms with Gasteiger partial charge in [0, 0.05) is 28.9 Å². The van der Waals surface area contributed by atoms with Crippen LogP contribution in [-0.2, 0) is 6.54 Å². The van der Waals surface area contributed by atoms with Crippen LogP contribution >= 0.6 is 11.6 Å². The van der Waals surface area contributed by atoms with Crippen LogP contribution < -0.4 is 10.1 Å². The molecule has 5 heteroatoms. The van der Waals surface area contributed by atoms with E-state index < -0.39 is 5.82 Å². The maximum atomic E-state index is 13.6. The van der Waals surface area contributed by atoms with Crippen LogP contribution in [0.3, 0.4) is 0 Å². The van der Waals surface area contributed by atoms with Crippen LogP contribution in [0.4, 0.5) is 14.5 Å². The summed E-state index contributed by atoms with van der Waals surface area (Å²) in [4.78, 5) is 0. The molecule has 0 radical (unpaired) electrons. The summed E-state index contributed by atoms with van der Waals surface area (Å²) in [5, 5.41) is 3.34. The number of benzene rings is 2. The van der Waals surface area contributed by atoms with Crippen LogP contribution in [0, 0.1) is 11.6 Å². The Bertz CT molecular complexity index is 590. The quantitative estimate of drug-likeness (QED) is 0.906. The van der Waals surface area contributed by atoms with E-state index in [0.29, 0.717) is 16.3 Å². The number of anilines is 1. The van der Waals surface area contributed by atoms with Crippen LogP contribution in [0.25, 0.3) is 0 Å². The monoisotopic (exact) mass is 283 g/mol. The van der Waals surface area contributed by atoms with Gasteiger partial charge in [-0.2, -0.15) is 0 Å². The maximum absolute atomic E-state index is 13.6. The van der Waals surface area contributed by atoms with Gasteiger partial charge in [-0.1, -0.05) is 17.7 Å². The van der Waals surface area contributed by atoms with Crippen molar-refractivity contribution in [1.82, 2.24) is 0 Å². The molecule has 0 aliphatic heterocycles. The fourth-order valence-electron chi connectivity index (χ4n) is 1.63. The van der Waals surface area contributed by atoms with Crippen molar-refractivity contribution >= 4 is 17.3 Å². The molecule has 2 aromatic carbocycles. The fraction of sp³-hybridized carbons (Fsp3) is 0.143. The normalized spacial score (nSPS) is 10.3. The minimum absolute atomic E-state index is 0.140. The maximum Gasteiger partial charge on any atom is 0.165 e. The average molecular weight is 284 g/mol. The van der Waals surface area contributed by atoms with E-state index >= 15 is 0 Å². The lowest BCUT2D eigenvalue weighted by atomic mass is 10.2. The number of rotatable bonds is 4. The Balaban J connectivity index is 2.10. The predicted octanol–water partition coefficient (Wildman–Crippen LogP) is 4.24. The molecule has 2 aromatic rings. The Labute approximate surface area is 115 Å². The second-order valence-corrected chi connectivity index (χ2v) is 4.38. The van der Waals surface area contributed by atoms with Gasteiger partial charge in [0.25, 0.3) is 0 Å². The van der Waals surface area contributed by atoms with E-state index in [1.165, 1.54) is 25.3 Å². The Kier molecular flexibility index (Phi) is 4.22. The van der Waals surface area contributed by atoms with E-state index in [9.17, 15) is 8.78 Å². The molecule has 100 valence electrons. The highest BCUT2D eigenvalue weighted by atomic mass is 35.5. The second-order valence-electron chi connectivity index (χ2n) is 3.94. The molecule has 0 saturated carbocycles. The number of halogens is 3. The molecule has 19 heavy (non-hydrogen) atoms. The SMILES string of the molecule is COc1cc(NCc2ccc(Cl)cc2F)ccc1F. The Morgan fingerprint density at radius 3 is 2.58 bits per heavy atom. The first-order valence-corrected chi connectivity index (χ1v) is 5.99. The molecule has 0 heterocycles. The second kappa shape index (κ2) is 5.89. The first-order valence-electron chi connectivity index (χ1n) is 5.61. The number of ether oxygens (including phenoxy) is 1. The molecule has 1 N–H and O–H groups in total. The van der Waals surface area contributed by atoms with Gasteiger partial charge in [0.15, 0.2) is 11.6 Å². The van der Waals surface area contributed by atoms with Crippen molar-refractivity contribution in [2.24, 2.45) is 0 Å². The van der Waals surface area contributed by atoms with Gasteiger partial charge in [-0.3, -0.25) is 0 Å². The molecule has 0 unspecified atom stereocenters. The minimum Gasteiger partial charge on any atom is -0.494 e. The van der Waals surface area contributed by atoms with Crippen molar-refractivity contribution in [3.8, 4) is 5.75 Å². The van der Waals surface area contributed by atoms with Crippen LogP contribution in [0.15, 0.2) is 36.4 Å². The molecule has 0 aliphatic rings. The molecule has 0 bridgehead atoms. The summed E-state index contributed by atoms with van der Waals surface area (Å²) in [7, 11) is 1.39. The summed E-state index contributed by atoms with van der Waals surface area (Å²) in [6.45, 7) is 0.276.